The van der Waals surface area contributed by atoms with Crippen LogP contribution in [0, 0.1) is 0 Å². The molecule has 0 aliphatic heterocycles. The van der Waals surface area contributed by atoms with Crippen LogP contribution in [0.5, 0.6) is 0 Å². The third kappa shape index (κ3) is 10.4. The van der Waals surface area contributed by atoms with Crippen molar-refractivity contribution in [2.75, 3.05) is 26.2 Å². The van der Waals surface area contributed by atoms with Gasteiger partial charge in [0.1, 0.15) is 6.29 Å². The first-order chi connectivity index (χ1) is 10.0. The summed E-state index contributed by atoms with van der Waals surface area (Å²) < 4.78 is 0. The topological polar surface area (TPSA) is 156 Å². The molecule has 1 atom stereocenters. The minimum Gasteiger partial charge on any atom is -0.346 e. The number of rotatable bonds is 11. The molecule has 9 heteroatoms. The standard InChI is InChI=1S/C12H23N5O4/c13-4-2-1-3-9(8-18)17-12(21)7-16-11(20)6-15-10(19)5-14/h8-9H,1-7,13-14H2,(H,15,19)(H,16,20)(H,17,21)/t9-/m0/s1. The van der Waals surface area contributed by atoms with Crippen molar-refractivity contribution in [1.29, 1.82) is 0 Å². The molecular formula is C12H23N5O4. The van der Waals surface area contributed by atoms with Gasteiger partial charge in [-0.15, -0.1) is 0 Å². The minimum absolute atomic E-state index is 0.211. The second-order valence-corrected chi connectivity index (χ2v) is 4.35. The number of nitrogens with one attached hydrogen (secondary N) is 3. The van der Waals surface area contributed by atoms with E-state index in [1.165, 1.54) is 0 Å². The van der Waals surface area contributed by atoms with Crippen molar-refractivity contribution in [3.63, 3.8) is 0 Å². The Kier molecular flexibility index (Phi) is 10.7. The van der Waals surface area contributed by atoms with Gasteiger partial charge < -0.3 is 32.2 Å². The van der Waals surface area contributed by atoms with Crippen molar-refractivity contribution >= 4 is 24.0 Å². The van der Waals surface area contributed by atoms with E-state index in [0.29, 0.717) is 19.3 Å². The number of unbranched alkanes of at least 4 members (excludes halogenated alkanes) is 1. The van der Waals surface area contributed by atoms with E-state index in [0.717, 1.165) is 12.8 Å². The summed E-state index contributed by atoms with van der Waals surface area (Å²) >= 11 is 0. The van der Waals surface area contributed by atoms with Crippen molar-refractivity contribution in [3.05, 3.63) is 0 Å². The Bertz CT molecular complexity index is 362. The van der Waals surface area contributed by atoms with E-state index in [4.69, 9.17) is 11.5 Å². The Balaban J connectivity index is 3.88. The number of carbonyl (C=O) groups is 4. The van der Waals surface area contributed by atoms with Gasteiger partial charge in [0.2, 0.25) is 17.7 Å². The Hall–Kier alpha value is -2.00. The van der Waals surface area contributed by atoms with Gasteiger partial charge in [-0.3, -0.25) is 14.4 Å². The largest absolute Gasteiger partial charge is 0.346 e. The van der Waals surface area contributed by atoms with Crippen molar-refractivity contribution < 1.29 is 19.2 Å². The Morgan fingerprint density at radius 2 is 1.57 bits per heavy atom. The zero-order valence-corrected chi connectivity index (χ0v) is 11.9. The van der Waals surface area contributed by atoms with E-state index in [1.54, 1.807) is 0 Å². The highest BCUT2D eigenvalue weighted by atomic mass is 16.2. The second-order valence-electron chi connectivity index (χ2n) is 4.35. The van der Waals surface area contributed by atoms with Gasteiger partial charge in [-0.2, -0.15) is 0 Å². The lowest BCUT2D eigenvalue weighted by atomic mass is 10.1. The summed E-state index contributed by atoms with van der Waals surface area (Å²) in [5.41, 5.74) is 10.4. The highest BCUT2D eigenvalue weighted by Crippen LogP contribution is 1.97. The maximum absolute atomic E-state index is 11.5. The fraction of sp³-hybridized carbons (Fsp3) is 0.667. The molecule has 0 aromatic heterocycles. The van der Waals surface area contributed by atoms with Crippen LogP contribution in [0.1, 0.15) is 19.3 Å². The molecule has 0 spiro atoms. The molecule has 7 N–H and O–H groups in total. The lowest BCUT2D eigenvalue weighted by Crippen LogP contribution is -2.45. The molecule has 0 heterocycles. The van der Waals surface area contributed by atoms with E-state index in [-0.39, 0.29) is 19.6 Å². The maximum atomic E-state index is 11.5. The minimum atomic E-state index is -0.585. The highest BCUT2D eigenvalue weighted by Gasteiger charge is 2.12. The Labute approximate surface area is 123 Å². The summed E-state index contributed by atoms with van der Waals surface area (Å²) in [6.07, 6.45) is 2.67. The van der Waals surface area contributed by atoms with Crippen LogP contribution < -0.4 is 27.4 Å². The molecule has 0 bridgehead atoms. The molecule has 120 valence electrons. The van der Waals surface area contributed by atoms with Crippen LogP contribution >= 0.6 is 0 Å². The number of hydrogen-bond acceptors (Lipinski definition) is 6. The fourth-order valence-corrected chi connectivity index (χ4v) is 1.43. The molecule has 0 radical (unpaired) electrons. The van der Waals surface area contributed by atoms with Gasteiger partial charge in [0.25, 0.3) is 0 Å². The quantitative estimate of drug-likeness (QED) is 0.202. The number of carbonyl (C=O) groups excluding carboxylic acids is 4. The lowest BCUT2D eigenvalue weighted by Gasteiger charge is -2.13. The first-order valence-electron chi connectivity index (χ1n) is 6.71. The van der Waals surface area contributed by atoms with Crippen LogP contribution in [-0.4, -0.2) is 56.2 Å². The van der Waals surface area contributed by atoms with Gasteiger partial charge >= 0.3 is 0 Å². The van der Waals surface area contributed by atoms with Crippen LogP contribution in [0.3, 0.4) is 0 Å². The summed E-state index contributed by atoms with van der Waals surface area (Å²) in [5, 5.41) is 7.07. The number of nitrogens with two attached hydrogens (primary N) is 2. The molecular weight excluding hydrogens is 278 g/mol. The average molecular weight is 301 g/mol. The molecule has 0 saturated heterocycles. The average Bonchev–Trinajstić information content (AvgIpc) is 2.49. The predicted octanol–water partition coefficient (Wildman–Crippen LogP) is -3.01. The number of hydrogen-bond donors (Lipinski definition) is 5. The third-order valence-electron chi connectivity index (χ3n) is 2.56. The zero-order chi connectivity index (χ0) is 16.1. The van der Waals surface area contributed by atoms with Gasteiger partial charge in [-0.05, 0) is 25.8 Å². The van der Waals surface area contributed by atoms with Crippen LogP contribution in [0.2, 0.25) is 0 Å². The summed E-state index contributed by atoms with van der Waals surface area (Å²) in [4.78, 5) is 44.4. The van der Waals surface area contributed by atoms with E-state index in [1.807, 2.05) is 0 Å². The van der Waals surface area contributed by atoms with E-state index >= 15 is 0 Å². The van der Waals surface area contributed by atoms with Crippen LogP contribution in [-0.2, 0) is 19.2 Å². The molecule has 0 rings (SSSR count). The van der Waals surface area contributed by atoms with E-state index in [9.17, 15) is 19.2 Å². The SMILES string of the molecule is NCCCC[C@@H](C=O)NC(=O)CNC(=O)CNC(=O)CN. The Morgan fingerprint density at radius 1 is 0.952 bits per heavy atom. The van der Waals surface area contributed by atoms with Crippen LogP contribution in [0.25, 0.3) is 0 Å². The smallest absolute Gasteiger partial charge is 0.239 e. The van der Waals surface area contributed by atoms with Gasteiger partial charge in [0, 0.05) is 0 Å². The second kappa shape index (κ2) is 11.8. The predicted molar refractivity (Wildman–Crippen MR) is 76.0 cm³/mol. The van der Waals surface area contributed by atoms with Crippen molar-refractivity contribution in [1.82, 2.24) is 16.0 Å². The highest BCUT2D eigenvalue weighted by molar-refractivity contribution is 5.89. The van der Waals surface area contributed by atoms with E-state index in [2.05, 4.69) is 16.0 Å². The maximum Gasteiger partial charge on any atom is 0.239 e. The monoisotopic (exact) mass is 301 g/mol. The van der Waals surface area contributed by atoms with E-state index < -0.39 is 23.8 Å². The van der Waals surface area contributed by atoms with Gasteiger partial charge in [-0.1, -0.05) is 0 Å². The van der Waals surface area contributed by atoms with Gasteiger partial charge in [-0.25, -0.2) is 0 Å². The lowest BCUT2D eigenvalue weighted by molar-refractivity contribution is -0.128. The fourth-order valence-electron chi connectivity index (χ4n) is 1.43. The molecule has 0 aliphatic rings. The summed E-state index contributed by atoms with van der Waals surface area (Å²) in [5.74, 6) is -1.45. The molecule has 0 unspecified atom stereocenters. The molecule has 9 nitrogen and oxygen atoms in total. The molecule has 0 aromatic rings. The normalized spacial score (nSPS) is 11.3. The molecule has 0 aliphatic carbocycles. The third-order valence-corrected chi connectivity index (χ3v) is 2.56. The molecule has 21 heavy (non-hydrogen) atoms. The summed E-state index contributed by atoms with van der Waals surface area (Å²) in [6, 6.07) is -0.585. The molecule has 0 saturated carbocycles. The summed E-state index contributed by atoms with van der Waals surface area (Å²) in [7, 11) is 0. The van der Waals surface area contributed by atoms with Crippen LogP contribution in [0.15, 0.2) is 0 Å². The molecule has 3 amide bonds. The first-order valence-corrected chi connectivity index (χ1v) is 6.71. The van der Waals surface area contributed by atoms with Crippen molar-refractivity contribution in [3.8, 4) is 0 Å². The van der Waals surface area contributed by atoms with Crippen molar-refractivity contribution in [2.45, 2.75) is 25.3 Å². The first kappa shape index (κ1) is 19.0. The number of amides is 3. The van der Waals surface area contributed by atoms with Crippen molar-refractivity contribution in [2.24, 2.45) is 11.5 Å². The molecule has 0 aromatic carbocycles. The van der Waals surface area contributed by atoms with Gasteiger partial charge in [0.15, 0.2) is 0 Å². The Morgan fingerprint density at radius 3 is 2.14 bits per heavy atom. The van der Waals surface area contributed by atoms with Gasteiger partial charge in [0.05, 0.1) is 25.7 Å². The van der Waals surface area contributed by atoms with Crippen LogP contribution in [0.4, 0.5) is 0 Å². The zero-order valence-electron chi connectivity index (χ0n) is 11.9. The molecule has 0 fully saturated rings. The number of aldehydes is 1. The summed E-state index contributed by atoms with van der Waals surface area (Å²) in [6.45, 7) is -0.197.